The average molecular weight is 474 g/mol. The molecule has 0 atom stereocenters. The van der Waals surface area contributed by atoms with E-state index in [1.54, 1.807) is 6.26 Å². The quantitative estimate of drug-likeness (QED) is 0.189. The molecule has 6 heteroatoms. The first-order valence-corrected chi connectivity index (χ1v) is 9.55. The standard InChI is InChI=1S/C20H34N4O.HI/c1-17(2)16-23-20(22-11-7-19-6-4-15-25-19)21-10-5-12-24-13-8-18(3)9-14-24;/h4,6,15,18H,1,5,7-14,16H2,2-3H3,(H2,21,22,23);1H. The fourth-order valence-electron chi connectivity index (χ4n) is 2.94. The Morgan fingerprint density at radius 3 is 2.69 bits per heavy atom. The van der Waals surface area contributed by atoms with Crippen molar-refractivity contribution in [3.8, 4) is 0 Å². The van der Waals surface area contributed by atoms with E-state index in [4.69, 9.17) is 4.42 Å². The minimum Gasteiger partial charge on any atom is -0.469 e. The molecule has 0 aliphatic carbocycles. The van der Waals surface area contributed by atoms with Gasteiger partial charge in [0.05, 0.1) is 12.8 Å². The number of halogens is 1. The third-order valence-corrected chi connectivity index (χ3v) is 4.57. The van der Waals surface area contributed by atoms with E-state index in [-0.39, 0.29) is 24.0 Å². The van der Waals surface area contributed by atoms with Gasteiger partial charge in [0, 0.05) is 19.5 Å². The minimum atomic E-state index is 0. The van der Waals surface area contributed by atoms with Crippen molar-refractivity contribution in [3.63, 3.8) is 0 Å². The van der Waals surface area contributed by atoms with Crippen LogP contribution in [0.5, 0.6) is 0 Å². The summed E-state index contributed by atoms with van der Waals surface area (Å²) in [5.74, 6) is 2.75. The lowest BCUT2D eigenvalue weighted by Gasteiger charge is -2.30. The highest BCUT2D eigenvalue weighted by Gasteiger charge is 2.14. The molecule has 0 radical (unpaired) electrons. The van der Waals surface area contributed by atoms with Gasteiger partial charge in [-0.15, -0.1) is 24.0 Å². The third kappa shape index (κ3) is 9.62. The van der Waals surface area contributed by atoms with Crippen LogP contribution in [0, 0.1) is 5.92 Å². The number of nitrogens with one attached hydrogen (secondary N) is 2. The maximum Gasteiger partial charge on any atom is 0.191 e. The molecule has 0 aromatic carbocycles. The van der Waals surface area contributed by atoms with E-state index in [1.165, 1.54) is 32.5 Å². The Balaban J connectivity index is 0.00000338. The molecule has 1 aromatic heterocycles. The topological polar surface area (TPSA) is 52.8 Å². The summed E-state index contributed by atoms with van der Waals surface area (Å²) in [4.78, 5) is 7.17. The molecule has 2 heterocycles. The van der Waals surface area contributed by atoms with Gasteiger partial charge in [-0.2, -0.15) is 0 Å². The van der Waals surface area contributed by atoms with Gasteiger partial charge in [0.25, 0.3) is 0 Å². The third-order valence-electron chi connectivity index (χ3n) is 4.57. The van der Waals surface area contributed by atoms with E-state index in [1.807, 2.05) is 19.1 Å². The van der Waals surface area contributed by atoms with E-state index in [0.29, 0.717) is 6.54 Å². The number of rotatable bonds is 9. The fourth-order valence-corrected chi connectivity index (χ4v) is 2.94. The SMILES string of the molecule is C=C(C)CN=C(NCCCN1CCC(C)CC1)NCCc1ccco1.I. The predicted octanol–water partition coefficient (Wildman–Crippen LogP) is 3.67. The van der Waals surface area contributed by atoms with Gasteiger partial charge in [0.1, 0.15) is 5.76 Å². The van der Waals surface area contributed by atoms with Gasteiger partial charge in [-0.25, -0.2) is 4.99 Å². The Kier molecular flexibility index (Phi) is 11.7. The number of aliphatic imine (C=N–C) groups is 1. The van der Waals surface area contributed by atoms with Crippen LogP contribution < -0.4 is 10.6 Å². The molecule has 0 unspecified atom stereocenters. The molecule has 0 amide bonds. The van der Waals surface area contributed by atoms with Crippen molar-refractivity contribution in [2.24, 2.45) is 10.9 Å². The van der Waals surface area contributed by atoms with Crippen LogP contribution in [-0.2, 0) is 6.42 Å². The molecule has 2 N–H and O–H groups in total. The lowest BCUT2D eigenvalue weighted by atomic mass is 9.99. The lowest BCUT2D eigenvalue weighted by Crippen LogP contribution is -2.40. The van der Waals surface area contributed by atoms with E-state index < -0.39 is 0 Å². The molecule has 0 bridgehead atoms. The molecule has 1 aromatic rings. The van der Waals surface area contributed by atoms with Crippen LogP contribution in [0.4, 0.5) is 0 Å². The Labute approximate surface area is 175 Å². The highest BCUT2D eigenvalue weighted by molar-refractivity contribution is 14.0. The molecule has 1 fully saturated rings. The van der Waals surface area contributed by atoms with Gasteiger partial charge in [0.15, 0.2) is 5.96 Å². The van der Waals surface area contributed by atoms with E-state index in [2.05, 4.69) is 34.0 Å². The maximum absolute atomic E-state index is 5.37. The molecule has 0 spiro atoms. The van der Waals surface area contributed by atoms with Gasteiger partial charge in [0.2, 0.25) is 0 Å². The van der Waals surface area contributed by atoms with Crippen molar-refractivity contribution < 1.29 is 4.42 Å². The fraction of sp³-hybridized carbons (Fsp3) is 0.650. The van der Waals surface area contributed by atoms with Crippen molar-refractivity contribution in [1.29, 1.82) is 0 Å². The van der Waals surface area contributed by atoms with Crippen LogP contribution in [0.15, 0.2) is 40.0 Å². The number of furan rings is 1. The first kappa shape index (κ1) is 23.0. The smallest absolute Gasteiger partial charge is 0.191 e. The summed E-state index contributed by atoms with van der Waals surface area (Å²) in [5.41, 5.74) is 1.06. The second-order valence-corrected chi connectivity index (χ2v) is 7.18. The molecule has 1 aliphatic heterocycles. The largest absolute Gasteiger partial charge is 0.469 e. The van der Waals surface area contributed by atoms with Gasteiger partial charge in [-0.3, -0.25) is 0 Å². The molecule has 5 nitrogen and oxygen atoms in total. The lowest BCUT2D eigenvalue weighted by molar-refractivity contribution is 0.191. The Hall–Kier alpha value is -1.02. The van der Waals surface area contributed by atoms with Gasteiger partial charge in [-0.05, 0) is 63.9 Å². The summed E-state index contributed by atoms with van der Waals surface area (Å²) >= 11 is 0. The van der Waals surface area contributed by atoms with Crippen LogP contribution in [0.25, 0.3) is 0 Å². The first-order valence-electron chi connectivity index (χ1n) is 9.55. The Bertz CT molecular complexity index is 522. The first-order chi connectivity index (χ1) is 12.1. The van der Waals surface area contributed by atoms with E-state index in [9.17, 15) is 0 Å². The summed E-state index contributed by atoms with van der Waals surface area (Å²) in [6.07, 6.45) is 6.39. The average Bonchev–Trinajstić information content (AvgIpc) is 3.10. The zero-order valence-corrected chi connectivity index (χ0v) is 18.6. The summed E-state index contributed by atoms with van der Waals surface area (Å²) in [6, 6.07) is 3.92. The highest BCUT2D eigenvalue weighted by atomic mass is 127. The number of hydrogen-bond donors (Lipinski definition) is 2. The molecule has 148 valence electrons. The number of guanidine groups is 1. The molecule has 1 aliphatic rings. The predicted molar refractivity (Wildman–Crippen MR) is 120 cm³/mol. The van der Waals surface area contributed by atoms with Crippen molar-refractivity contribution in [3.05, 3.63) is 36.3 Å². The van der Waals surface area contributed by atoms with E-state index >= 15 is 0 Å². The van der Waals surface area contributed by atoms with Crippen molar-refractivity contribution in [1.82, 2.24) is 15.5 Å². The molecule has 26 heavy (non-hydrogen) atoms. The van der Waals surface area contributed by atoms with Crippen molar-refractivity contribution in [2.45, 2.75) is 39.5 Å². The second-order valence-electron chi connectivity index (χ2n) is 7.18. The number of likely N-dealkylation sites (tertiary alicyclic amines) is 1. The highest BCUT2D eigenvalue weighted by Crippen LogP contribution is 2.15. The Morgan fingerprint density at radius 1 is 1.31 bits per heavy atom. The molecule has 2 rings (SSSR count). The monoisotopic (exact) mass is 474 g/mol. The number of hydrogen-bond acceptors (Lipinski definition) is 3. The maximum atomic E-state index is 5.37. The van der Waals surface area contributed by atoms with Gasteiger partial charge >= 0.3 is 0 Å². The number of nitrogens with zero attached hydrogens (tertiary/aromatic N) is 2. The van der Waals surface area contributed by atoms with Crippen molar-refractivity contribution >= 4 is 29.9 Å². The van der Waals surface area contributed by atoms with E-state index in [0.717, 1.165) is 49.1 Å². The summed E-state index contributed by atoms with van der Waals surface area (Å²) in [6.45, 7) is 14.3. The van der Waals surface area contributed by atoms with Crippen molar-refractivity contribution in [2.75, 3.05) is 39.3 Å². The zero-order valence-electron chi connectivity index (χ0n) is 16.3. The molecule has 1 saturated heterocycles. The zero-order chi connectivity index (χ0) is 17.9. The minimum absolute atomic E-state index is 0. The van der Waals surface area contributed by atoms with Crippen LogP contribution in [0.1, 0.15) is 38.9 Å². The summed E-state index contributed by atoms with van der Waals surface area (Å²) in [5, 5.41) is 6.83. The van der Waals surface area contributed by atoms with Gasteiger partial charge in [-0.1, -0.05) is 19.1 Å². The van der Waals surface area contributed by atoms with Crippen LogP contribution in [0.2, 0.25) is 0 Å². The normalized spacial score (nSPS) is 16.2. The van der Waals surface area contributed by atoms with Crippen LogP contribution in [0.3, 0.4) is 0 Å². The second kappa shape index (κ2) is 13.2. The molecule has 0 saturated carbocycles. The number of piperidine rings is 1. The summed E-state index contributed by atoms with van der Waals surface area (Å²) < 4.78 is 5.37. The Morgan fingerprint density at radius 2 is 2.04 bits per heavy atom. The summed E-state index contributed by atoms with van der Waals surface area (Å²) in [7, 11) is 0. The van der Waals surface area contributed by atoms with Gasteiger partial charge < -0.3 is 20.0 Å². The molecular weight excluding hydrogens is 439 g/mol. The van der Waals surface area contributed by atoms with Crippen LogP contribution >= 0.6 is 24.0 Å². The van der Waals surface area contributed by atoms with Crippen LogP contribution in [-0.4, -0.2) is 50.1 Å². The molecular formula is C20H35IN4O.